The minimum absolute atomic E-state index is 0.173. The third-order valence-electron chi connectivity index (χ3n) is 4.73. The standard InChI is InChI=1S/C21H21N3O/c1-14-12-18-20(19(25)13-14)21(22-17-11-7-6-8-15(17)2)23-24(18)16-9-4-3-5-10-16/h3-11,14H,12-13H2,1-2H3,(H,22,23)/t14-/m1/s1. The molecule has 1 N–H and O–H groups in total. The zero-order valence-electron chi connectivity index (χ0n) is 14.5. The number of carbonyl (C=O) groups is 1. The molecule has 25 heavy (non-hydrogen) atoms. The van der Waals surface area contributed by atoms with E-state index in [9.17, 15) is 4.79 Å². The number of anilines is 2. The summed E-state index contributed by atoms with van der Waals surface area (Å²) in [6.07, 6.45) is 1.44. The molecule has 1 aliphatic rings. The predicted octanol–water partition coefficient (Wildman–Crippen LogP) is 4.69. The summed E-state index contributed by atoms with van der Waals surface area (Å²) >= 11 is 0. The fourth-order valence-corrected chi connectivity index (χ4v) is 3.47. The van der Waals surface area contributed by atoms with Crippen molar-refractivity contribution >= 4 is 17.3 Å². The topological polar surface area (TPSA) is 46.9 Å². The van der Waals surface area contributed by atoms with Gasteiger partial charge >= 0.3 is 0 Å². The summed E-state index contributed by atoms with van der Waals surface area (Å²) in [6.45, 7) is 4.17. The smallest absolute Gasteiger partial charge is 0.168 e. The number of aryl methyl sites for hydroxylation is 1. The minimum Gasteiger partial charge on any atom is -0.338 e. The van der Waals surface area contributed by atoms with Crippen LogP contribution in [0.3, 0.4) is 0 Å². The van der Waals surface area contributed by atoms with Gasteiger partial charge in [-0.05, 0) is 43.0 Å². The molecule has 3 aromatic rings. The van der Waals surface area contributed by atoms with Crippen molar-refractivity contribution in [2.75, 3.05) is 5.32 Å². The van der Waals surface area contributed by atoms with E-state index in [4.69, 9.17) is 5.10 Å². The molecular formula is C21H21N3O. The van der Waals surface area contributed by atoms with Gasteiger partial charge < -0.3 is 5.32 Å². The average molecular weight is 331 g/mol. The van der Waals surface area contributed by atoms with Crippen LogP contribution in [0.2, 0.25) is 0 Å². The number of fused-ring (bicyclic) bond motifs is 1. The van der Waals surface area contributed by atoms with E-state index in [2.05, 4.69) is 12.2 Å². The number of benzene rings is 2. The minimum atomic E-state index is 0.173. The Labute approximate surface area is 147 Å². The number of carbonyl (C=O) groups excluding carboxylic acids is 1. The molecule has 4 heteroatoms. The fourth-order valence-electron chi connectivity index (χ4n) is 3.47. The molecule has 0 spiro atoms. The van der Waals surface area contributed by atoms with Crippen LogP contribution in [0.1, 0.15) is 35.0 Å². The third-order valence-corrected chi connectivity index (χ3v) is 4.73. The number of nitrogens with one attached hydrogen (secondary N) is 1. The summed E-state index contributed by atoms with van der Waals surface area (Å²) in [5.74, 6) is 1.17. The number of nitrogens with zero attached hydrogens (tertiary/aromatic N) is 2. The van der Waals surface area contributed by atoms with Crippen LogP contribution in [0, 0.1) is 12.8 Å². The molecule has 1 aliphatic carbocycles. The first-order valence-corrected chi connectivity index (χ1v) is 8.66. The molecule has 0 saturated heterocycles. The molecular weight excluding hydrogens is 310 g/mol. The van der Waals surface area contributed by atoms with E-state index in [-0.39, 0.29) is 5.78 Å². The van der Waals surface area contributed by atoms with Gasteiger partial charge in [0.2, 0.25) is 0 Å². The van der Waals surface area contributed by atoms with Gasteiger partial charge in [0.1, 0.15) is 0 Å². The highest BCUT2D eigenvalue weighted by Crippen LogP contribution is 2.34. The largest absolute Gasteiger partial charge is 0.338 e. The molecule has 1 heterocycles. The molecule has 0 radical (unpaired) electrons. The van der Waals surface area contributed by atoms with E-state index < -0.39 is 0 Å². The molecule has 1 aromatic heterocycles. The van der Waals surface area contributed by atoms with Crippen molar-refractivity contribution in [3.8, 4) is 5.69 Å². The number of aromatic nitrogens is 2. The number of hydrogen-bond acceptors (Lipinski definition) is 3. The van der Waals surface area contributed by atoms with Gasteiger partial charge in [0.25, 0.3) is 0 Å². The normalized spacial score (nSPS) is 16.6. The quantitative estimate of drug-likeness (QED) is 0.757. The summed E-state index contributed by atoms with van der Waals surface area (Å²) in [5.41, 5.74) is 4.84. The maximum absolute atomic E-state index is 12.7. The molecule has 126 valence electrons. The second-order valence-corrected chi connectivity index (χ2v) is 6.79. The van der Waals surface area contributed by atoms with E-state index in [1.165, 1.54) is 0 Å². The van der Waals surface area contributed by atoms with Crippen molar-refractivity contribution in [1.29, 1.82) is 0 Å². The Morgan fingerprint density at radius 3 is 2.52 bits per heavy atom. The zero-order valence-corrected chi connectivity index (χ0v) is 14.5. The summed E-state index contributed by atoms with van der Waals surface area (Å²) in [5, 5.41) is 8.15. The van der Waals surface area contributed by atoms with Gasteiger partial charge in [0, 0.05) is 12.1 Å². The Balaban J connectivity index is 1.85. The number of rotatable bonds is 3. The van der Waals surface area contributed by atoms with Crippen molar-refractivity contribution in [1.82, 2.24) is 9.78 Å². The van der Waals surface area contributed by atoms with E-state index >= 15 is 0 Å². The van der Waals surface area contributed by atoms with E-state index in [0.717, 1.165) is 34.6 Å². The highest BCUT2D eigenvalue weighted by Gasteiger charge is 2.31. The van der Waals surface area contributed by atoms with E-state index in [0.29, 0.717) is 18.2 Å². The van der Waals surface area contributed by atoms with Gasteiger partial charge in [0.15, 0.2) is 11.6 Å². The lowest BCUT2D eigenvalue weighted by molar-refractivity contribution is 0.0953. The Hall–Kier alpha value is -2.88. The molecule has 0 bridgehead atoms. The van der Waals surface area contributed by atoms with Gasteiger partial charge in [-0.25, -0.2) is 4.68 Å². The van der Waals surface area contributed by atoms with Crippen LogP contribution in [-0.2, 0) is 6.42 Å². The van der Waals surface area contributed by atoms with Crippen LogP contribution in [0.25, 0.3) is 5.69 Å². The molecule has 1 atom stereocenters. The summed E-state index contributed by atoms with van der Waals surface area (Å²) in [7, 11) is 0. The van der Waals surface area contributed by atoms with E-state index in [1.807, 2.05) is 66.2 Å². The number of hydrogen-bond donors (Lipinski definition) is 1. The van der Waals surface area contributed by atoms with Crippen LogP contribution in [0.5, 0.6) is 0 Å². The molecule has 0 amide bonds. The maximum atomic E-state index is 12.7. The molecule has 0 saturated carbocycles. The van der Waals surface area contributed by atoms with Gasteiger partial charge in [-0.15, -0.1) is 5.10 Å². The molecule has 0 unspecified atom stereocenters. The lowest BCUT2D eigenvalue weighted by atomic mass is 9.87. The highest BCUT2D eigenvalue weighted by molar-refractivity contribution is 6.03. The average Bonchev–Trinajstić information content (AvgIpc) is 2.96. The third kappa shape index (κ3) is 2.84. The lowest BCUT2D eigenvalue weighted by Crippen LogP contribution is -2.19. The SMILES string of the molecule is Cc1ccccc1Nc1nn(-c2ccccc2)c2c1C(=O)C[C@H](C)C2. The highest BCUT2D eigenvalue weighted by atomic mass is 16.1. The number of Topliss-reactive ketones (excluding diaryl/α,β-unsaturated/α-hetero) is 1. The predicted molar refractivity (Wildman–Crippen MR) is 99.8 cm³/mol. The maximum Gasteiger partial charge on any atom is 0.168 e. The van der Waals surface area contributed by atoms with E-state index in [1.54, 1.807) is 0 Å². The van der Waals surface area contributed by atoms with Crippen molar-refractivity contribution in [3.05, 3.63) is 71.4 Å². The van der Waals surface area contributed by atoms with Gasteiger partial charge in [-0.1, -0.05) is 43.3 Å². The van der Waals surface area contributed by atoms with Crippen molar-refractivity contribution in [3.63, 3.8) is 0 Å². The summed E-state index contributed by atoms with van der Waals surface area (Å²) in [4.78, 5) is 12.7. The molecule has 0 aliphatic heterocycles. The Morgan fingerprint density at radius 2 is 1.76 bits per heavy atom. The van der Waals surface area contributed by atoms with Crippen LogP contribution < -0.4 is 5.32 Å². The van der Waals surface area contributed by atoms with Gasteiger partial charge in [0.05, 0.1) is 16.9 Å². The Kier molecular flexibility index (Phi) is 3.88. The molecule has 2 aromatic carbocycles. The molecule has 4 nitrogen and oxygen atoms in total. The monoisotopic (exact) mass is 331 g/mol. The van der Waals surface area contributed by atoms with Crippen molar-refractivity contribution in [2.24, 2.45) is 5.92 Å². The van der Waals surface area contributed by atoms with Gasteiger partial charge in [-0.3, -0.25) is 4.79 Å². The molecule has 0 fully saturated rings. The first-order valence-electron chi connectivity index (χ1n) is 8.66. The zero-order chi connectivity index (χ0) is 17.4. The Bertz CT molecular complexity index is 928. The second kappa shape index (κ2) is 6.20. The summed E-state index contributed by atoms with van der Waals surface area (Å²) in [6, 6.07) is 18.1. The summed E-state index contributed by atoms with van der Waals surface area (Å²) < 4.78 is 1.92. The molecule has 4 rings (SSSR count). The fraction of sp³-hybridized carbons (Fsp3) is 0.238. The number of para-hydroxylation sites is 2. The van der Waals surface area contributed by atoms with Crippen molar-refractivity contribution in [2.45, 2.75) is 26.7 Å². The number of ketones is 1. The second-order valence-electron chi connectivity index (χ2n) is 6.79. The lowest BCUT2D eigenvalue weighted by Gasteiger charge is -2.19. The first-order chi connectivity index (χ1) is 12.1. The van der Waals surface area contributed by atoms with Crippen LogP contribution in [0.15, 0.2) is 54.6 Å². The van der Waals surface area contributed by atoms with Gasteiger partial charge in [-0.2, -0.15) is 0 Å². The van der Waals surface area contributed by atoms with Crippen molar-refractivity contribution < 1.29 is 4.79 Å². The first kappa shape index (κ1) is 15.6. The van der Waals surface area contributed by atoms with Crippen LogP contribution in [-0.4, -0.2) is 15.6 Å². The van der Waals surface area contributed by atoms with Crippen LogP contribution in [0.4, 0.5) is 11.5 Å². The Morgan fingerprint density at radius 1 is 1.04 bits per heavy atom. The van der Waals surface area contributed by atoms with Crippen LogP contribution >= 0.6 is 0 Å².